The number of hydrogen-bond acceptors (Lipinski definition) is 5. The van der Waals surface area contributed by atoms with Gasteiger partial charge in [0.05, 0.1) is 17.1 Å². The Kier molecular flexibility index (Phi) is 5.23. The molecule has 0 unspecified atom stereocenters. The number of halogens is 2. The van der Waals surface area contributed by atoms with Crippen molar-refractivity contribution in [2.75, 3.05) is 10.5 Å². The molecule has 0 aromatic heterocycles. The minimum absolute atomic E-state index is 0.0615. The summed E-state index contributed by atoms with van der Waals surface area (Å²) in [7, 11) is -8.67. The number of aliphatic carboxylic acids is 1. The maximum absolute atomic E-state index is 12.3. The Morgan fingerprint density at radius 2 is 1.67 bits per heavy atom. The first kappa shape index (κ1) is 17.3. The number of carbonyl (C=O) groups is 1. The number of carboxylic acid groups (broad SMARTS) is 1. The molecule has 0 amide bonds. The molecule has 0 aliphatic heterocycles. The summed E-state index contributed by atoms with van der Waals surface area (Å²) in [6.07, 6.45) is -0.604. The van der Waals surface area contributed by atoms with Crippen LogP contribution < -0.4 is 4.72 Å². The van der Waals surface area contributed by atoms with Gasteiger partial charge in [0.15, 0.2) is 0 Å². The lowest BCUT2D eigenvalue weighted by Crippen LogP contribution is -2.19. The average Bonchev–Trinajstić information content (AvgIpc) is 2.36. The molecule has 7 nitrogen and oxygen atoms in total. The van der Waals surface area contributed by atoms with Crippen molar-refractivity contribution in [2.45, 2.75) is 17.1 Å². The van der Waals surface area contributed by atoms with Gasteiger partial charge in [-0.1, -0.05) is 0 Å². The number of sulfone groups is 1. The summed E-state index contributed by atoms with van der Waals surface area (Å²) >= 11 is 0. The molecular formula is C10H11F2NO6S2. The van der Waals surface area contributed by atoms with Gasteiger partial charge in [-0.3, -0.25) is 9.52 Å². The Morgan fingerprint density at radius 1 is 1.14 bits per heavy atom. The molecule has 0 saturated heterocycles. The van der Waals surface area contributed by atoms with Crippen LogP contribution in [0.4, 0.5) is 14.5 Å². The second-order valence-corrected chi connectivity index (χ2v) is 7.65. The molecule has 118 valence electrons. The maximum Gasteiger partial charge on any atom is 0.341 e. The predicted octanol–water partition coefficient (Wildman–Crippen LogP) is 0.899. The zero-order valence-electron chi connectivity index (χ0n) is 10.4. The topological polar surface area (TPSA) is 118 Å². The maximum atomic E-state index is 12.3. The van der Waals surface area contributed by atoms with Crippen molar-refractivity contribution < 1.29 is 35.5 Å². The molecule has 1 rings (SSSR count). The average molecular weight is 343 g/mol. The van der Waals surface area contributed by atoms with E-state index in [2.05, 4.69) is 0 Å². The van der Waals surface area contributed by atoms with Crippen LogP contribution in [-0.2, 0) is 24.7 Å². The van der Waals surface area contributed by atoms with Crippen molar-refractivity contribution in [1.82, 2.24) is 0 Å². The normalized spacial score (nSPS) is 12.3. The third-order valence-corrected chi connectivity index (χ3v) is 4.96. The highest BCUT2D eigenvalue weighted by atomic mass is 32.2. The van der Waals surface area contributed by atoms with E-state index in [1.165, 1.54) is 0 Å². The van der Waals surface area contributed by atoms with E-state index in [0.29, 0.717) is 0 Å². The number of carboxylic acids is 1. The Hall–Kier alpha value is -1.75. The van der Waals surface area contributed by atoms with Crippen LogP contribution in [0.2, 0.25) is 0 Å². The summed E-state index contributed by atoms with van der Waals surface area (Å²) in [4.78, 5) is 9.64. The van der Waals surface area contributed by atoms with Gasteiger partial charge in [-0.2, -0.15) is 8.78 Å². The molecule has 0 heterocycles. The Morgan fingerprint density at radius 3 is 2.10 bits per heavy atom. The molecule has 0 aliphatic rings. The summed E-state index contributed by atoms with van der Waals surface area (Å²) in [5, 5.41) is 8.39. The van der Waals surface area contributed by atoms with Crippen LogP contribution >= 0.6 is 0 Å². The molecule has 21 heavy (non-hydrogen) atoms. The first-order valence-corrected chi connectivity index (χ1v) is 8.59. The van der Waals surface area contributed by atoms with E-state index in [4.69, 9.17) is 5.11 Å². The Balaban J connectivity index is 2.87. The fourth-order valence-electron chi connectivity index (χ4n) is 1.27. The van der Waals surface area contributed by atoms with Gasteiger partial charge in [0.25, 0.3) is 0 Å². The summed E-state index contributed by atoms with van der Waals surface area (Å²) in [6, 6.07) is 3.65. The van der Waals surface area contributed by atoms with Crippen LogP contribution in [0, 0.1) is 0 Å². The molecule has 0 saturated carbocycles. The summed E-state index contributed by atoms with van der Waals surface area (Å²) in [6.45, 7) is 0. The largest absolute Gasteiger partial charge is 0.481 e. The summed E-state index contributed by atoms with van der Waals surface area (Å²) < 4.78 is 71.9. The highest BCUT2D eigenvalue weighted by Gasteiger charge is 2.26. The van der Waals surface area contributed by atoms with Gasteiger partial charge in [0.1, 0.15) is 0 Å². The number of alkyl halides is 2. The minimum Gasteiger partial charge on any atom is -0.481 e. The lowest BCUT2D eigenvalue weighted by Gasteiger charge is -2.08. The third-order valence-electron chi connectivity index (χ3n) is 2.28. The van der Waals surface area contributed by atoms with E-state index >= 15 is 0 Å². The number of benzene rings is 1. The van der Waals surface area contributed by atoms with Crippen LogP contribution in [0.15, 0.2) is 29.2 Å². The highest BCUT2D eigenvalue weighted by molar-refractivity contribution is 7.92. The van der Waals surface area contributed by atoms with E-state index < -0.39 is 48.7 Å². The molecule has 11 heteroatoms. The fraction of sp³-hybridized carbons (Fsp3) is 0.300. The number of anilines is 1. The second-order valence-electron chi connectivity index (χ2n) is 3.89. The Labute approximate surface area is 119 Å². The van der Waals surface area contributed by atoms with Crippen LogP contribution in [0.3, 0.4) is 0 Å². The minimum atomic E-state index is -4.75. The number of rotatable bonds is 7. The van der Waals surface area contributed by atoms with Crippen LogP contribution in [0.5, 0.6) is 0 Å². The van der Waals surface area contributed by atoms with Crippen molar-refractivity contribution in [2.24, 2.45) is 0 Å². The van der Waals surface area contributed by atoms with E-state index in [-0.39, 0.29) is 5.69 Å². The van der Waals surface area contributed by atoms with Gasteiger partial charge in [-0.25, -0.2) is 16.8 Å². The predicted molar refractivity (Wildman–Crippen MR) is 69.3 cm³/mol. The molecule has 2 N–H and O–H groups in total. The van der Waals surface area contributed by atoms with E-state index in [9.17, 15) is 30.4 Å². The van der Waals surface area contributed by atoms with Crippen LogP contribution in [0.25, 0.3) is 0 Å². The quantitative estimate of drug-likeness (QED) is 0.759. The number of sulfonamides is 1. The molecule has 0 atom stereocenters. The van der Waals surface area contributed by atoms with E-state index in [1.807, 2.05) is 4.72 Å². The SMILES string of the molecule is O=C(O)CCS(=O)(=O)Nc1ccc(S(=O)(=O)C(F)F)cc1. The zero-order chi connectivity index (χ0) is 16.3. The molecule has 0 spiro atoms. The second kappa shape index (κ2) is 6.35. The third kappa shape index (κ3) is 4.93. The van der Waals surface area contributed by atoms with Gasteiger partial charge in [-0.05, 0) is 24.3 Å². The first-order chi connectivity index (χ1) is 9.54. The molecule has 0 fully saturated rings. The number of hydrogen-bond donors (Lipinski definition) is 2. The number of nitrogens with one attached hydrogen (secondary N) is 1. The molecule has 0 radical (unpaired) electrons. The molecule has 0 aliphatic carbocycles. The van der Waals surface area contributed by atoms with E-state index in [1.54, 1.807) is 0 Å². The van der Waals surface area contributed by atoms with E-state index in [0.717, 1.165) is 24.3 Å². The lowest BCUT2D eigenvalue weighted by molar-refractivity contribution is -0.136. The van der Waals surface area contributed by atoms with Crippen molar-refractivity contribution in [3.05, 3.63) is 24.3 Å². The van der Waals surface area contributed by atoms with Crippen molar-refractivity contribution >= 4 is 31.5 Å². The smallest absolute Gasteiger partial charge is 0.341 e. The van der Waals surface area contributed by atoms with Gasteiger partial charge in [0.2, 0.25) is 19.9 Å². The van der Waals surface area contributed by atoms with Crippen LogP contribution in [-0.4, -0.2) is 39.4 Å². The van der Waals surface area contributed by atoms with Gasteiger partial charge in [-0.15, -0.1) is 0 Å². The highest BCUT2D eigenvalue weighted by Crippen LogP contribution is 2.20. The standard InChI is InChI=1S/C10H11F2NO6S2/c11-10(12)21(18,19)8-3-1-7(2-4-8)13-20(16,17)6-5-9(14)15/h1-4,10,13H,5-6H2,(H,14,15). The van der Waals surface area contributed by atoms with Crippen molar-refractivity contribution in [3.63, 3.8) is 0 Å². The van der Waals surface area contributed by atoms with Crippen molar-refractivity contribution in [3.8, 4) is 0 Å². The fourth-order valence-corrected chi connectivity index (χ4v) is 3.03. The monoisotopic (exact) mass is 343 g/mol. The van der Waals surface area contributed by atoms with Gasteiger partial charge >= 0.3 is 11.7 Å². The zero-order valence-corrected chi connectivity index (χ0v) is 12.0. The summed E-state index contributed by atoms with van der Waals surface area (Å²) in [5.41, 5.74) is -0.0615. The lowest BCUT2D eigenvalue weighted by atomic mass is 10.3. The molecule has 0 bridgehead atoms. The van der Waals surface area contributed by atoms with Crippen LogP contribution in [0.1, 0.15) is 6.42 Å². The molecular weight excluding hydrogens is 332 g/mol. The Bertz CT molecular complexity index is 712. The van der Waals surface area contributed by atoms with Crippen molar-refractivity contribution in [1.29, 1.82) is 0 Å². The molecule has 1 aromatic rings. The van der Waals surface area contributed by atoms with Gasteiger partial charge < -0.3 is 5.11 Å². The first-order valence-electron chi connectivity index (χ1n) is 5.39. The summed E-state index contributed by atoms with van der Waals surface area (Å²) in [5.74, 6) is -5.53. The molecule has 1 aromatic carbocycles. The van der Waals surface area contributed by atoms with Gasteiger partial charge in [0, 0.05) is 5.69 Å².